The van der Waals surface area contributed by atoms with E-state index in [0.29, 0.717) is 0 Å². The van der Waals surface area contributed by atoms with E-state index in [4.69, 9.17) is 0 Å². The van der Waals surface area contributed by atoms with Gasteiger partial charge in [-0.25, -0.2) is 4.79 Å². The van der Waals surface area contributed by atoms with Crippen molar-refractivity contribution in [2.45, 2.75) is 13.0 Å². The number of amides is 2. The molecule has 0 saturated carbocycles. The van der Waals surface area contributed by atoms with Crippen molar-refractivity contribution >= 4 is 22.5 Å². The summed E-state index contributed by atoms with van der Waals surface area (Å²) in [4.78, 5) is 12.0. The predicted molar refractivity (Wildman–Crippen MR) is 97.1 cm³/mol. The van der Waals surface area contributed by atoms with E-state index in [1.807, 2.05) is 73.7 Å². The molecule has 0 aliphatic rings. The summed E-state index contributed by atoms with van der Waals surface area (Å²) in [6.07, 6.45) is -0.764. The molecule has 2 amide bonds. The van der Waals surface area contributed by atoms with Crippen LogP contribution in [0.25, 0.3) is 10.8 Å². The summed E-state index contributed by atoms with van der Waals surface area (Å²) in [6, 6.07) is 20.9. The number of benzene rings is 3. The number of carbonyl (C=O) groups excluding carboxylic acids is 1. The Bertz CT molecular complexity index is 856. The van der Waals surface area contributed by atoms with Crippen LogP contribution >= 0.6 is 0 Å². The number of carbonyl (C=O) groups is 1. The van der Waals surface area contributed by atoms with Crippen LogP contribution in [0.15, 0.2) is 66.7 Å². The topological polar surface area (TPSA) is 61.4 Å². The first-order valence-electron chi connectivity index (χ1n) is 7.91. The number of aryl methyl sites for hydroxylation is 1. The number of aliphatic hydroxyl groups is 1. The molecule has 0 aromatic heterocycles. The molecule has 4 nitrogen and oxygen atoms in total. The Morgan fingerprint density at radius 2 is 1.79 bits per heavy atom. The molecule has 0 fully saturated rings. The molecule has 0 radical (unpaired) electrons. The van der Waals surface area contributed by atoms with Gasteiger partial charge < -0.3 is 15.7 Å². The molecule has 24 heavy (non-hydrogen) atoms. The highest BCUT2D eigenvalue weighted by Gasteiger charge is 2.12. The van der Waals surface area contributed by atoms with E-state index < -0.39 is 6.10 Å². The van der Waals surface area contributed by atoms with Gasteiger partial charge in [-0.2, -0.15) is 0 Å². The van der Waals surface area contributed by atoms with Crippen molar-refractivity contribution in [1.82, 2.24) is 5.32 Å². The highest BCUT2D eigenvalue weighted by Crippen LogP contribution is 2.23. The van der Waals surface area contributed by atoms with E-state index in [9.17, 15) is 9.90 Å². The highest BCUT2D eigenvalue weighted by atomic mass is 16.3. The van der Waals surface area contributed by atoms with Gasteiger partial charge in [0.15, 0.2) is 0 Å². The number of aliphatic hydroxyl groups excluding tert-OH is 1. The summed E-state index contributed by atoms with van der Waals surface area (Å²) in [6.45, 7) is 2.11. The molecule has 4 heteroatoms. The van der Waals surface area contributed by atoms with Gasteiger partial charge in [0.1, 0.15) is 0 Å². The molecule has 3 aromatic carbocycles. The fraction of sp³-hybridized carbons (Fsp3) is 0.150. The molecule has 0 saturated heterocycles. The predicted octanol–water partition coefficient (Wildman–Crippen LogP) is 4.00. The van der Waals surface area contributed by atoms with Crippen LogP contribution in [0.5, 0.6) is 0 Å². The van der Waals surface area contributed by atoms with E-state index in [-0.39, 0.29) is 12.6 Å². The van der Waals surface area contributed by atoms with Gasteiger partial charge in [0, 0.05) is 12.2 Å². The van der Waals surface area contributed by atoms with Gasteiger partial charge >= 0.3 is 6.03 Å². The lowest BCUT2D eigenvalue weighted by atomic mass is 10.0. The Morgan fingerprint density at radius 3 is 2.62 bits per heavy atom. The number of fused-ring (bicyclic) bond motifs is 1. The van der Waals surface area contributed by atoms with Crippen LogP contribution in [0.1, 0.15) is 17.2 Å². The number of hydrogen-bond donors (Lipinski definition) is 3. The molecule has 3 aromatic rings. The van der Waals surface area contributed by atoms with Crippen LogP contribution in [0.3, 0.4) is 0 Å². The second-order valence-electron chi connectivity index (χ2n) is 5.79. The third-order valence-electron chi connectivity index (χ3n) is 3.91. The van der Waals surface area contributed by atoms with Crippen molar-refractivity contribution in [2.75, 3.05) is 11.9 Å². The van der Waals surface area contributed by atoms with Gasteiger partial charge in [-0.15, -0.1) is 0 Å². The van der Waals surface area contributed by atoms with E-state index in [1.54, 1.807) is 0 Å². The highest BCUT2D eigenvalue weighted by molar-refractivity contribution is 5.89. The third kappa shape index (κ3) is 3.73. The van der Waals surface area contributed by atoms with Crippen LogP contribution in [0.2, 0.25) is 0 Å². The summed E-state index contributed by atoms with van der Waals surface area (Å²) in [5.41, 5.74) is 2.61. The molecule has 0 bridgehead atoms. The van der Waals surface area contributed by atoms with Gasteiger partial charge in [0.25, 0.3) is 0 Å². The van der Waals surface area contributed by atoms with Crippen molar-refractivity contribution in [1.29, 1.82) is 0 Å². The average Bonchev–Trinajstić information content (AvgIpc) is 2.59. The smallest absolute Gasteiger partial charge is 0.319 e. The summed E-state index contributed by atoms with van der Waals surface area (Å²) in [5.74, 6) is 0. The second kappa shape index (κ2) is 7.15. The minimum absolute atomic E-state index is 0.145. The minimum atomic E-state index is -0.764. The lowest BCUT2D eigenvalue weighted by Gasteiger charge is -2.15. The molecular weight excluding hydrogens is 300 g/mol. The molecule has 3 N–H and O–H groups in total. The molecule has 1 atom stereocenters. The SMILES string of the molecule is Cc1cccc(NC(=O)NCC(O)c2cccc3ccccc23)c1. The number of hydrogen-bond acceptors (Lipinski definition) is 2. The lowest BCUT2D eigenvalue weighted by Crippen LogP contribution is -2.32. The van der Waals surface area contributed by atoms with Crippen LogP contribution in [0, 0.1) is 6.92 Å². The lowest BCUT2D eigenvalue weighted by molar-refractivity contribution is 0.176. The maximum atomic E-state index is 12.0. The Balaban J connectivity index is 1.64. The normalized spacial score (nSPS) is 11.9. The van der Waals surface area contributed by atoms with Crippen molar-refractivity contribution in [3.63, 3.8) is 0 Å². The third-order valence-corrected chi connectivity index (χ3v) is 3.91. The minimum Gasteiger partial charge on any atom is -0.387 e. The van der Waals surface area contributed by atoms with Crippen molar-refractivity contribution in [3.8, 4) is 0 Å². The molecule has 0 aliphatic heterocycles. The van der Waals surface area contributed by atoms with Gasteiger partial charge in [-0.3, -0.25) is 0 Å². The summed E-state index contributed by atoms with van der Waals surface area (Å²) >= 11 is 0. The molecule has 0 spiro atoms. The Hall–Kier alpha value is -2.85. The van der Waals surface area contributed by atoms with E-state index >= 15 is 0 Å². The van der Waals surface area contributed by atoms with Crippen LogP contribution < -0.4 is 10.6 Å². The molecule has 3 rings (SSSR count). The molecule has 1 unspecified atom stereocenters. The van der Waals surface area contributed by atoms with Crippen LogP contribution in [-0.2, 0) is 0 Å². The largest absolute Gasteiger partial charge is 0.387 e. The van der Waals surface area contributed by atoms with E-state index in [1.165, 1.54) is 0 Å². The first-order chi connectivity index (χ1) is 11.6. The number of rotatable bonds is 4. The monoisotopic (exact) mass is 320 g/mol. The van der Waals surface area contributed by atoms with Crippen molar-refractivity contribution in [2.24, 2.45) is 0 Å². The summed E-state index contributed by atoms with van der Waals surface area (Å²) in [5, 5.41) is 18.0. The molecular formula is C20H20N2O2. The fourth-order valence-corrected chi connectivity index (χ4v) is 2.74. The zero-order valence-corrected chi connectivity index (χ0v) is 13.5. The fourth-order valence-electron chi connectivity index (χ4n) is 2.74. The number of anilines is 1. The number of nitrogens with one attached hydrogen (secondary N) is 2. The first-order valence-corrected chi connectivity index (χ1v) is 7.91. The zero-order chi connectivity index (χ0) is 16.9. The van der Waals surface area contributed by atoms with E-state index in [0.717, 1.165) is 27.6 Å². The maximum absolute atomic E-state index is 12.0. The van der Waals surface area contributed by atoms with Gasteiger partial charge in [0.05, 0.1) is 6.10 Å². The Kier molecular flexibility index (Phi) is 4.77. The maximum Gasteiger partial charge on any atom is 0.319 e. The Labute approximate surface area is 141 Å². The standard InChI is InChI=1S/C20H20N2O2/c1-14-6-4-9-16(12-14)22-20(24)21-13-19(23)18-11-5-8-15-7-2-3-10-17(15)18/h2-12,19,23H,13H2,1H3,(H2,21,22,24). The molecule has 122 valence electrons. The zero-order valence-electron chi connectivity index (χ0n) is 13.5. The first kappa shape index (κ1) is 16.0. The summed E-state index contributed by atoms with van der Waals surface area (Å²) < 4.78 is 0. The Morgan fingerprint density at radius 1 is 1.04 bits per heavy atom. The van der Waals surface area contributed by atoms with Crippen molar-refractivity contribution in [3.05, 3.63) is 77.9 Å². The molecule has 0 aliphatic carbocycles. The van der Waals surface area contributed by atoms with E-state index in [2.05, 4.69) is 10.6 Å². The van der Waals surface area contributed by atoms with Crippen molar-refractivity contribution < 1.29 is 9.90 Å². The quantitative estimate of drug-likeness (QED) is 0.680. The summed E-state index contributed by atoms with van der Waals surface area (Å²) in [7, 11) is 0. The van der Waals surface area contributed by atoms with Gasteiger partial charge in [-0.1, -0.05) is 54.6 Å². The van der Waals surface area contributed by atoms with Crippen LogP contribution in [-0.4, -0.2) is 17.7 Å². The second-order valence-corrected chi connectivity index (χ2v) is 5.79. The average molecular weight is 320 g/mol. The van der Waals surface area contributed by atoms with Gasteiger partial charge in [0.2, 0.25) is 0 Å². The number of urea groups is 1. The van der Waals surface area contributed by atoms with Crippen LogP contribution in [0.4, 0.5) is 10.5 Å². The van der Waals surface area contributed by atoms with Gasteiger partial charge in [-0.05, 0) is 41.0 Å². The molecule has 0 heterocycles.